The highest BCUT2D eigenvalue weighted by molar-refractivity contribution is 5.20. The Morgan fingerprint density at radius 3 is 2.52 bits per heavy atom. The molecule has 122 valence electrons. The monoisotopic (exact) mass is 294 g/mol. The molecule has 3 atom stereocenters. The molecule has 2 saturated carbocycles. The van der Waals surface area contributed by atoms with Crippen LogP contribution in [0.2, 0.25) is 0 Å². The maximum absolute atomic E-state index is 6.86. The van der Waals surface area contributed by atoms with Gasteiger partial charge in [0, 0.05) is 36.6 Å². The van der Waals surface area contributed by atoms with Crippen LogP contribution in [0.1, 0.15) is 65.7 Å². The van der Waals surface area contributed by atoms with Crippen LogP contribution in [0.3, 0.4) is 0 Å². The van der Waals surface area contributed by atoms with E-state index < -0.39 is 0 Å². The van der Waals surface area contributed by atoms with Crippen molar-refractivity contribution in [3.05, 3.63) is 0 Å². The summed E-state index contributed by atoms with van der Waals surface area (Å²) >= 11 is 0. The second kappa shape index (κ2) is 5.50. The third-order valence-corrected chi connectivity index (χ3v) is 7.23. The quantitative estimate of drug-likeness (QED) is 0.819. The molecule has 3 unspecified atom stereocenters. The van der Waals surface area contributed by atoms with Crippen LogP contribution in [0.5, 0.6) is 0 Å². The molecule has 0 radical (unpaired) electrons. The molecule has 0 amide bonds. The summed E-state index contributed by atoms with van der Waals surface area (Å²) in [7, 11) is 0. The minimum Gasteiger partial charge on any atom is -0.377 e. The predicted molar refractivity (Wildman–Crippen MR) is 87.2 cm³/mol. The smallest absolute Gasteiger partial charge is 0.0690 e. The molecule has 3 heteroatoms. The van der Waals surface area contributed by atoms with Crippen LogP contribution in [-0.2, 0) is 4.74 Å². The third kappa shape index (κ3) is 2.36. The van der Waals surface area contributed by atoms with Gasteiger partial charge in [0.15, 0.2) is 0 Å². The van der Waals surface area contributed by atoms with Crippen LogP contribution in [0.15, 0.2) is 0 Å². The molecule has 0 bridgehead atoms. The molecular formula is C18H34N2O. The van der Waals surface area contributed by atoms with Crippen LogP contribution in [0, 0.1) is 16.7 Å². The zero-order valence-corrected chi connectivity index (χ0v) is 14.2. The van der Waals surface area contributed by atoms with Crippen molar-refractivity contribution >= 4 is 0 Å². The maximum atomic E-state index is 6.86. The Labute approximate surface area is 130 Å². The van der Waals surface area contributed by atoms with E-state index in [-0.39, 0.29) is 11.0 Å². The second-order valence-electron chi connectivity index (χ2n) is 8.47. The largest absolute Gasteiger partial charge is 0.377 e. The van der Waals surface area contributed by atoms with Crippen molar-refractivity contribution in [2.75, 3.05) is 19.7 Å². The van der Waals surface area contributed by atoms with Crippen molar-refractivity contribution in [3.8, 4) is 0 Å². The van der Waals surface area contributed by atoms with Crippen LogP contribution in [-0.4, -0.2) is 31.3 Å². The number of ether oxygens (including phenoxy) is 1. The molecule has 1 saturated heterocycles. The summed E-state index contributed by atoms with van der Waals surface area (Å²) in [5.41, 5.74) is 7.42. The van der Waals surface area contributed by atoms with E-state index >= 15 is 0 Å². The Morgan fingerprint density at radius 2 is 1.86 bits per heavy atom. The average Bonchev–Trinajstić information content (AvgIpc) is 2.96. The number of fused-ring (bicyclic) bond motifs is 1. The van der Waals surface area contributed by atoms with Gasteiger partial charge < -0.3 is 15.8 Å². The number of nitrogens with one attached hydrogen (secondary N) is 1. The Kier molecular flexibility index (Phi) is 4.13. The molecule has 3 rings (SSSR count). The predicted octanol–water partition coefficient (Wildman–Crippen LogP) is 3.08. The molecule has 1 heterocycles. The minimum absolute atomic E-state index is 0.0916. The Balaban J connectivity index is 1.59. The number of rotatable bonds is 5. The third-order valence-electron chi connectivity index (χ3n) is 7.23. The van der Waals surface area contributed by atoms with E-state index in [9.17, 15) is 0 Å². The van der Waals surface area contributed by atoms with Crippen molar-refractivity contribution in [1.82, 2.24) is 5.32 Å². The summed E-state index contributed by atoms with van der Waals surface area (Å²) < 4.78 is 6.00. The summed E-state index contributed by atoms with van der Waals surface area (Å²) in [6, 6.07) is 0. The fraction of sp³-hybridized carbons (Fsp3) is 1.00. The maximum Gasteiger partial charge on any atom is 0.0690 e. The standard InChI is InChI=1S/C18H34N2O/c1-4-17(9-5-6-10-17)12-20-13-18(19)14-8-7-11-21-15(14)16(18,2)3/h14-15,20H,4-13,19H2,1-3H3. The van der Waals surface area contributed by atoms with Crippen LogP contribution < -0.4 is 11.1 Å². The molecule has 0 aromatic carbocycles. The van der Waals surface area contributed by atoms with E-state index in [1.807, 2.05) is 0 Å². The van der Waals surface area contributed by atoms with Gasteiger partial charge in [0.25, 0.3) is 0 Å². The van der Waals surface area contributed by atoms with Crippen molar-refractivity contribution < 1.29 is 4.74 Å². The molecule has 3 nitrogen and oxygen atoms in total. The van der Waals surface area contributed by atoms with E-state index in [4.69, 9.17) is 10.5 Å². The summed E-state index contributed by atoms with van der Waals surface area (Å²) in [6.45, 7) is 9.97. The van der Waals surface area contributed by atoms with E-state index in [1.165, 1.54) is 44.9 Å². The van der Waals surface area contributed by atoms with Gasteiger partial charge in [-0.2, -0.15) is 0 Å². The van der Waals surface area contributed by atoms with Gasteiger partial charge in [0.1, 0.15) is 0 Å². The molecule has 3 aliphatic rings. The number of nitrogens with two attached hydrogens (primary N) is 1. The molecule has 3 fully saturated rings. The highest BCUT2D eigenvalue weighted by Gasteiger charge is 2.66. The van der Waals surface area contributed by atoms with Crippen LogP contribution in [0.25, 0.3) is 0 Å². The topological polar surface area (TPSA) is 47.3 Å². The first-order valence-corrected chi connectivity index (χ1v) is 9.06. The molecule has 0 spiro atoms. The van der Waals surface area contributed by atoms with Gasteiger partial charge in [0.05, 0.1) is 6.10 Å². The van der Waals surface area contributed by atoms with Crippen LogP contribution in [0.4, 0.5) is 0 Å². The SMILES string of the molecule is CCC1(CNCC2(N)C3CCCOC3C2(C)C)CCCC1. The Hall–Kier alpha value is -0.120. The molecular weight excluding hydrogens is 260 g/mol. The number of hydrogen-bond donors (Lipinski definition) is 2. The van der Waals surface area contributed by atoms with E-state index in [1.54, 1.807) is 0 Å². The zero-order valence-electron chi connectivity index (χ0n) is 14.2. The lowest BCUT2D eigenvalue weighted by Crippen LogP contribution is -2.80. The Bertz CT molecular complexity index is 375. The molecule has 1 aliphatic heterocycles. The van der Waals surface area contributed by atoms with Gasteiger partial charge in [0.2, 0.25) is 0 Å². The first kappa shape index (κ1) is 15.8. The van der Waals surface area contributed by atoms with E-state index in [2.05, 4.69) is 26.1 Å². The first-order chi connectivity index (χ1) is 9.95. The lowest BCUT2D eigenvalue weighted by atomic mass is 9.46. The van der Waals surface area contributed by atoms with Crippen molar-refractivity contribution in [1.29, 1.82) is 0 Å². The molecule has 0 aromatic heterocycles. The fourth-order valence-corrected chi connectivity index (χ4v) is 5.34. The van der Waals surface area contributed by atoms with E-state index in [0.717, 1.165) is 19.7 Å². The van der Waals surface area contributed by atoms with Crippen LogP contribution >= 0.6 is 0 Å². The van der Waals surface area contributed by atoms with Gasteiger partial charge in [-0.3, -0.25) is 0 Å². The molecule has 2 aliphatic carbocycles. The molecule has 0 aromatic rings. The van der Waals surface area contributed by atoms with E-state index in [0.29, 0.717) is 17.4 Å². The first-order valence-electron chi connectivity index (χ1n) is 9.06. The highest BCUT2D eigenvalue weighted by Crippen LogP contribution is 2.57. The highest BCUT2D eigenvalue weighted by atomic mass is 16.5. The summed E-state index contributed by atoms with van der Waals surface area (Å²) in [5, 5.41) is 3.77. The summed E-state index contributed by atoms with van der Waals surface area (Å²) in [4.78, 5) is 0. The Morgan fingerprint density at radius 1 is 1.14 bits per heavy atom. The lowest BCUT2D eigenvalue weighted by molar-refractivity contribution is -0.225. The minimum atomic E-state index is -0.0916. The van der Waals surface area contributed by atoms with Crippen molar-refractivity contribution in [2.24, 2.45) is 22.5 Å². The van der Waals surface area contributed by atoms with Gasteiger partial charge in [-0.05, 0) is 37.5 Å². The second-order valence-corrected chi connectivity index (χ2v) is 8.47. The molecule has 21 heavy (non-hydrogen) atoms. The summed E-state index contributed by atoms with van der Waals surface area (Å²) in [6.07, 6.45) is 9.71. The van der Waals surface area contributed by atoms with Gasteiger partial charge in [-0.25, -0.2) is 0 Å². The lowest BCUT2D eigenvalue weighted by Gasteiger charge is -2.66. The average molecular weight is 294 g/mol. The fourth-order valence-electron chi connectivity index (χ4n) is 5.34. The van der Waals surface area contributed by atoms with Crippen molar-refractivity contribution in [3.63, 3.8) is 0 Å². The van der Waals surface area contributed by atoms with Gasteiger partial charge in [-0.15, -0.1) is 0 Å². The van der Waals surface area contributed by atoms with Gasteiger partial charge >= 0.3 is 0 Å². The summed E-state index contributed by atoms with van der Waals surface area (Å²) in [5.74, 6) is 0.551. The van der Waals surface area contributed by atoms with Gasteiger partial charge in [-0.1, -0.05) is 33.6 Å². The zero-order chi connectivity index (χ0) is 15.1. The normalized spacial score (nSPS) is 40.6. The van der Waals surface area contributed by atoms with Crippen molar-refractivity contribution in [2.45, 2.75) is 77.4 Å². The number of hydrogen-bond acceptors (Lipinski definition) is 3. The molecule has 3 N–H and O–H groups in total.